The zero-order valence-electron chi connectivity index (χ0n) is 19.2. The maximum absolute atomic E-state index is 13.3. The number of ketones is 1. The number of rotatable bonds is 6. The molecule has 0 N–H and O–H groups in total. The number of ether oxygens (including phenoxy) is 1. The van der Waals surface area contributed by atoms with E-state index >= 15 is 0 Å². The van der Waals surface area contributed by atoms with Crippen molar-refractivity contribution in [2.45, 2.75) is 45.2 Å². The molecule has 2 heterocycles. The molecule has 0 spiro atoms. The first-order chi connectivity index (χ1) is 16.4. The van der Waals surface area contributed by atoms with E-state index in [0.717, 1.165) is 6.07 Å². The Bertz CT molecular complexity index is 1390. The quantitative estimate of drug-likeness (QED) is 0.276. The van der Waals surface area contributed by atoms with Gasteiger partial charge in [-0.1, -0.05) is 55.7 Å². The molecule has 0 radical (unpaired) electrons. The van der Waals surface area contributed by atoms with Gasteiger partial charge >= 0.3 is 6.18 Å². The predicted molar refractivity (Wildman–Crippen MR) is 126 cm³/mol. The fourth-order valence-corrected chi connectivity index (χ4v) is 3.70. The lowest BCUT2D eigenvalue weighted by atomic mass is 9.93. The summed E-state index contributed by atoms with van der Waals surface area (Å²) in [5.41, 5.74) is 0.00398. The van der Waals surface area contributed by atoms with Crippen LogP contribution >= 0.6 is 11.6 Å². The summed E-state index contributed by atoms with van der Waals surface area (Å²) in [6.45, 7) is 5.96. The van der Waals surface area contributed by atoms with Crippen molar-refractivity contribution >= 4 is 28.3 Å². The number of Topliss-reactive ketones (excluding diaryl/α,β-unsaturated/α-hetero) is 1. The normalized spacial score (nSPS) is 12.2. The topological polar surface area (TPSA) is 65.2 Å². The van der Waals surface area contributed by atoms with Gasteiger partial charge in [-0.15, -0.1) is 0 Å². The summed E-state index contributed by atoms with van der Waals surface area (Å²) < 4.78 is 51.0. The second kappa shape index (κ2) is 9.34. The van der Waals surface area contributed by atoms with Gasteiger partial charge < -0.3 is 9.26 Å². The lowest BCUT2D eigenvalue weighted by Gasteiger charge is -2.13. The van der Waals surface area contributed by atoms with Crippen molar-refractivity contribution in [3.8, 4) is 11.5 Å². The monoisotopic (exact) mass is 502 g/mol. The Kier molecular flexibility index (Phi) is 6.60. The van der Waals surface area contributed by atoms with Gasteiger partial charge in [0.15, 0.2) is 0 Å². The van der Waals surface area contributed by atoms with Crippen LogP contribution < -0.4 is 4.74 Å². The van der Waals surface area contributed by atoms with Crippen LogP contribution in [-0.4, -0.2) is 15.9 Å². The van der Waals surface area contributed by atoms with Gasteiger partial charge in [0.25, 0.3) is 0 Å². The van der Waals surface area contributed by atoms with E-state index in [4.69, 9.17) is 20.9 Å². The molecular formula is C26H22ClF3N2O3. The van der Waals surface area contributed by atoms with Crippen LogP contribution in [-0.2, 0) is 29.2 Å². The molecule has 2 aromatic carbocycles. The Labute approximate surface area is 204 Å². The number of aromatic nitrogens is 2. The number of carbonyl (C=O) groups excluding carboxylic acids is 1. The molecule has 5 nitrogen and oxygen atoms in total. The number of para-hydroxylation sites is 1. The van der Waals surface area contributed by atoms with Crippen LogP contribution in [0.15, 0.2) is 59.1 Å². The number of carbonyl (C=O) groups is 1. The highest BCUT2D eigenvalue weighted by Gasteiger charge is 2.33. The molecule has 9 heteroatoms. The number of hydrogen-bond acceptors (Lipinski definition) is 5. The Balaban J connectivity index is 1.51. The molecule has 35 heavy (non-hydrogen) atoms. The van der Waals surface area contributed by atoms with Crippen molar-refractivity contribution in [1.29, 1.82) is 0 Å². The minimum Gasteiger partial charge on any atom is -0.457 e. The number of fused-ring (bicyclic) bond motifs is 1. The smallest absolute Gasteiger partial charge is 0.433 e. The molecule has 0 aliphatic heterocycles. The van der Waals surface area contributed by atoms with Crippen LogP contribution in [0.3, 0.4) is 0 Å². The lowest BCUT2D eigenvalue weighted by molar-refractivity contribution is -0.141. The van der Waals surface area contributed by atoms with Gasteiger partial charge in [0.1, 0.15) is 28.7 Å². The maximum atomic E-state index is 13.3. The third-order valence-corrected chi connectivity index (χ3v) is 5.64. The summed E-state index contributed by atoms with van der Waals surface area (Å²) in [7, 11) is 0. The fraction of sp³-hybridized carbons (Fsp3) is 0.269. The predicted octanol–water partition coefficient (Wildman–Crippen LogP) is 7.34. The van der Waals surface area contributed by atoms with Crippen LogP contribution in [0, 0.1) is 0 Å². The van der Waals surface area contributed by atoms with E-state index in [2.05, 4.69) is 10.1 Å². The Morgan fingerprint density at radius 3 is 2.43 bits per heavy atom. The van der Waals surface area contributed by atoms with Crippen molar-refractivity contribution in [3.05, 3.63) is 82.3 Å². The molecule has 0 fully saturated rings. The first-order valence-corrected chi connectivity index (χ1v) is 11.2. The molecule has 0 saturated heterocycles. The number of nitrogens with zero attached hydrogens (tertiary/aromatic N) is 2. The molecule has 2 aromatic heterocycles. The van der Waals surface area contributed by atoms with E-state index in [1.807, 2.05) is 20.8 Å². The molecule has 0 saturated carbocycles. The largest absolute Gasteiger partial charge is 0.457 e. The number of halogens is 4. The fourth-order valence-electron chi connectivity index (χ4n) is 3.46. The molecule has 4 rings (SSSR count). The standard InChI is InChI=1S/C26H22ClF3N2O3/c1-25(2,3)24-12-16(32-35-24)11-17(33)10-15-8-9-18(13-20(15)27)34-22-14-23(26(28,29)30)31-21-7-5-4-6-19(21)22/h4-9,12-14H,10-11H2,1-3H3. The average Bonchev–Trinajstić information content (AvgIpc) is 3.24. The van der Waals surface area contributed by atoms with Gasteiger partial charge in [-0.2, -0.15) is 13.2 Å². The second-order valence-electron chi connectivity index (χ2n) is 9.20. The van der Waals surface area contributed by atoms with Gasteiger partial charge in [0, 0.05) is 34.4 Å². The molecule has 182 valence electrons. The van der Waals surface area contributed by atoms with Crippen LogP contribution in [0.25, 0.3) is 10.9 Å². The van der Waals surface area contributed by atoms with Gasteiger partial charge in [0.05, 0.1) is 17.6 Å². The second-order valence-corrected chi connectivity index (χ2v) is 9.61. The summed E-state index contributed by atoms with van der Waals surface area (Å²) >= 11 is 6.37. The van der Waals surface area contributed by atoms with Crippen LogP contribution in [0.4, 0.5) is 13.2 Å². The summed E-state index contributed by atoms with van der Waals surface area (Å²) in [4.78, 5) is 16.2. The molecular weight excluding hydrogens is 481 g/mol. The highest BCUT2D eigenvalue weighted by Crippen LogP contribution is 2.37. The first-order valence-electron chi connectivity index (χ1n) is 10.8. The van der Waals surface area contributed by atoms with E-state index in [-0.39, 0.29) is 46.1 Å². The Hall–Kier alpha value is -3.39. The van der Waals surface area contributed by atoms with Gasteiger partial charge in [-0.25, -0.2) is 4.98 Å². The summed E-state index contributed by atoms with van der Waals surface area (Å²) in [6, 6.07) is 13.7. The van der Waals surface area contributed by atoms with Crippen LogP contribution in [0.5, 0.6) is 11.5 Å². The zero-order valence-corrected chi connectivity index (χ0v) is 20.0. The third kappa shape index (κ3) is 5.82. The maximum Gasteiger partial charge on any atom is 0.433 e. The molecule has 0 bridgehead atoms. The average molecular weight is 503 g/mol. The third-order valence-electron chi connectivity index (χ3n) is 5.29. The van der Waals surface area contributed by atoms with Crippen molar-refractivity contribution in [2.75, 3.05) is 0 Å². The number of alkyl halides is 3. The SMILES string of the molecule is CC(C)(C)c1cc(CC(=O)Cc2ccc(Oc3cc(C(F)(F)F)nc4ccccc34)cc2Cl)no1. The minimum absolute atomic E-state index is 0.00324. The van der Waals surface area contributed by atoms with Crippen LogP contribution in [0.1, 0.15) is 43.5 Å². The lowest BCUT2D eigenvalue weighted by Crippen LogP contribution is -2.10. The molecule has 0 atom stereocenters. The summed E-state index contributed by atoms with van der Waals surface area (Å²) in [5, 5.41) is 4.66. The van der Waals surface area contributed by atoms with Gasteiger partial charge in [0.2, 0.25) is 0 Å². The summed E-state index contributed by atoms with van der Waals surface area (Å²) in [6.07, 6.45) is -4.47. The van der Waals surface area contributed by atoms with E-state index < -0.39 is 11.9 Å². The molecule has 4 aromatic rings. The highest BCUT2D eigenvalue weighted by molar-refractivity contribution is 6.31. The molecule has 0 aliphatic carbocycles. The van der Waals surface area contributed by atoms with E-state index in [1.165, 1.54) is 12.1 Å². The number of pyridine rings is 1. The number of hydrogen-bond donors (Lipinski definition) is 0. The minimum atomic E-state index is -4.62. The Morgan fingerprint density at radius 2 is 1.77 bits per heavy atom. The van der Waals surface area contributed by atoms with E-state index in [0.29, 0.717) is 22.4 Å². The molecule has 0 unspecified atom stereocenters. The van der Waals surface area contributed by atoms with Crippen molar-refractivity contribution < 1.29 is 27.2 Å². The number of benzene rings is 2. The van der Waals surface area contributed by atoms with Crippen molar-refractivity contribution in [1.82, 2.24) is 10.1 Å². The Morgan fingerprint density at radius 1 is 1.03 bits per heavy atom. The molecule has 0 amide bonds. The first kappa shape index (κ1) is 24.7. The van der Waals surface area contributed by atoms with Crippen LogP contribution in [0.2, 0.25) is 5.02 Å². The van der Waals surface area contributed by atoms with E-state index in [9.17, 15) is 18.0 Å². The zero-order chi connectivity index (χ0) is 25.4. The summed E-state index contributed by atoms with van der Waals surface area (Å²) in [5.74, 6) is 0.826. The van der Waals surface area contributed by atoms with E-state index in [1.54, 1.807) is 36.4 Å². The van der Waals surface area contributed by atoms with Gasteiger partial charge in [-0.3, -0.25) is 4.79 Å². The van der Waals surface area contributed by atoms with Crippen molar-refractivity contribution in [3.63, 3.8) is 0 Å². The molecule has 0 aliphatic rings. The highest BCUT2D eigenvalue weighted by atomic mass is 35.5. The van der Waals surface area contributed by atoms with Crippen molar-refractivity contribution in [2.24, 2.45) is 0 Å². The van der Waals surface area contributed by atoms with Gasteiger partial charge in [-0.05, 0) is 29.8 Å².